The zero-order chi connectivity index (χ0) is 13.2. The Balaban J connectivity index is 2.02. The van der Waals surface area contributed by atoms with Crippen molar-refractivity contribution in [3.63, 3.8) is 0 Å². The van der Waals surface area contributed by atoms with E-state index in [0.717, 1.165) is 12.8 Å². The van der Waals surface area contributed by atoms with Crippen LogP contribution in [0, 0.1) is 0 Å². The number of ether oxygens (including phenoxy) is 1. The molecule has 1 atom stereocenters. The molecule has 18 heavy (non-hydrogen) atoms. The minimum Gasteiger partial charge on any atom is -0.375 e. The van der Waals surface area contributed by atoms with E-state index in [1.54, 1.807) is 12.3 Å². The molecule has 4 nitrogen and oxygen atoms in total. The lowest BCUT2D eigenvalue weighted by atomic mass is 9.94. The molecule has 2 heterocycles. The van der Waals surface area contributed by atoms with Crippen LogP contribution < -0.4 is 5.32 Å². The number of rotatable bonds is 2. The molecule has 2 rings (SSSR count). The van der Waals surface area contributed by atoms with Gasteiger partial charge in [-0.05, 0) is 32.8 Å². The summed E-state index contributed by atoms with van der Waals surface area (Å²) in [5, 5.41) is 3.41. The highest BCUT2D eigenvalue weighted by Gasteiger charge is 2.30. The van der Waals surface area contributed by atoms with Crippen molar-refractivity contribution in [2.75, 3.05) is 6.61 Å². The van der Waals surface area contributed by atoms with Gasteiger partial charge in [-0.2, -0.15) is 0 Å². The molecule has 0 saturated carbocycles. The number of nitrogens with zero attached hydrogens (tertiary/aromatic N) is 1. The first-order valence-corrected chi connectivity index (χ1v) is 6.40. The molecule has 1 fully saturated rings. The summed E-state index contributed by atoms with van der Waals surface area (Å²) < 4.78 is 5.62. The van der Waals surface area contributed by atoms with E-state index in [-0.39, 0.29) is 17.6 Å². The van der Waals surface area contributed by atoms with Gasteiger partial charge in [0.15, 0.2) is 0 Å². The lowest BCUT2D eigenvalue weighted by Crippen LogP contribution is -2.45. The molecule has 1 unspecified atom stereocenters. The van der Waals surface area contributed by atoms with Crippen molar-refractivity contribution < 1.29 is 9.53 Å². The van der Waals surface area contributed by atoms with Crippen LogP contribution in [0.15, 0.2) is 18.5 Å². The lowest BCUT2D eigenvalue weighted by molar-refractivity contribution is -0.0615. The van der Waals surface area contributed by atoms with E-state index in [0.29, 0.717) is 17.2 Å². The number of pyridine rings is 1. The molecule has 98 valence electrons. The van der Waals surface area contributed by atoms with E-state index in [4.69, 9.17) is 16.3 Å². The predicted octanol–water partition coefficient (Wildman–Crippen LogP) is 2.42. The zero-order valence-corrected chi connectivity index (χ0v) is 11.3. The monoisotopic (exact) mass is 268 g/mol. The molecule has 0 aromatic carbocycles. The molecular weight excluding hydrogens is 252 g/mol. The van der Waals surface area contributed by atoms with Crippen molar-refractivity contribution in [2.24, 2.45) is 0 Å². The predicted molar refractivity (Wildman–Crippen MR) is 69.8 cm³/mol. The molecule has 0 bridgehead atoms. The number of carbonyl (C=O) groups is 1. The summed E-state index contributed by atoms with van der Waals surface area (Å²) in [6, 6.07) is 1.74. The van der Waals surface area contributed by atoms with Crippen LogP contribution in [0.4, 0.5) is 0 Å². The summed E-state index contributed by atoms with van der Waals surface area (Å²) in [6.07, 6.45) is 4.68. The van der Waals surface area contributed by atoms with Crippen LogP contribution in [0.3, 0.4) is 0 Å². The highest BCUT2D eigenvalue weighted by Crippen LogP contribution is 2.24. The molecule has 0 radical (unpaired) electrons. The second-order valence-corrected chi connectivity index (χ2v) is 5.53. The first kappa shape index (κ1) is 13.3. The van der Waals surface area contributed by atoms with Gasteiger partial charge in [-0.15, -0.1) is 0 Å². The van der Waals surface area contributed by atoms with Gasteiger partial charge in [0.2, 0.25) is 0 Å². The molecule has 1 aliphatic rings. The molecule has 5 heteroatoms. The van der Waals surface area contributed by atoms with Crippen LogP contribution in [0.2, 0.25) is 5.02 Å². The molecule has 1 saturated heterocycles. The average Bonchev–Trinajstić information content (AvgIpc) is 2.28. The van der Waals surface area contributed by atoms with E-state index in [1.165, 1.54) is 6.20 Å². The van der Waals surface area contributed by atoms with E-state index < -0.39 is 0 Å². The van der Waals surface area contributed by atoms with Crippen LogP contribution in [0.25, 0.3) is 0 Å². The Morgan fingerprint density at radius 2 is 2.39 bits per heavy atom. The van der Waals surface area contributed by atoms with Crippen molar-refractivity contribution in [1.29, 1.82) is 0 Å². The van der Waals surface area contributed by atoms with Crippen LogP contribution in [-0.2, 0) is 4.74 Å². The van der Waals surface area contributed by atoms with Gasteiger partial charge in [-0.1, -0.05) is 11.6 Å². The van der Waals surface area contributed by atoms with Crippen molar-refractivity contribution in [1.82, 2.24) is 10.3 Å². The Morgan fingerprint density at radius 1 is 1.61 bits per heavy atom. The molecule has 1 aliphatic heterocycles. The van der Waals surface area contributed by atoms with Gasteiger partial charge in [-0.3, -0.25) is 9.78 Å². The summed E-state index contributed by atoms with van der Waals surface area (Å²) >= 11 is 5.97. The van der Waals surface area contributed by atoms with E-state index in [1.807, 2.05) is 13.8 Å². The third-order valence-corrected chi connectivity index (χ3v) is 3.37. The Kier molecular flexibility index (Phi) is 3.88. The average molecular weight is 269 g/mol. The maximum Gasteiger partial charge on any atom is 0.254 e. The first-order valence-electron chi connectivity index (χ1n) is 6.02. The summed E-state index contributed by atoms with van der Waals surface area (Å²) in [4.78, 5) is 16.0. The largest absolute Gasteiger partial charge is 0.375 e. The number of hydrogen-bond donors (Lipinski definition) is 1. The standard InChI is InChI=1S/C13H17ClN2O2/c1-13(2)7-9(4-6-18-13)16-12(17)10-8-15-5-3-11(10)14/h3,5,8-9H,4,6-7H2,1-2H3,(H,16,17). The third kappa shape index (κ3) is 3.21. The Morgan fingerprint density at radius 3 is 3.06 bits per heavy atom. The number of nitrogens with one attached hydrogen (secondary N) is 1. The van der Waals surface area contributed by atoms with E-state index >= 15 is 0 Å². The maximum absolute atomic E-state index is 12.1. The molecule has 0 aliphatic carbocycles. The quantitative estimate of drug-likeness (QED) is 0.896. The third-order valence-electron chi connectivity index (χ3n) is 3.04. The second-order valence-electron chi connectivity index (χ2n) is 5.13. The highest BCUT2D eigenvalue weighted by molar-refractivity contribution is 6.33. The van der Waals surface area contributed by atoms with Crippen molar-refractivity contribution in [2.45, 2.75) is 38.3 Å². The fourth-order valence-corrected chi connectivity index (χ4v) is 2.35. The minimum absolute atomic E-state index is 0.123. The first-order chi connectivity index (χ1) is 8.48. The molecule has 1 aromatic heterocycles. The van der Waals surface area contributed by atoms with E-state index in [2.05, 4.69) is 10.3 Å². The smallest absolute Gasteiger partial charge is 0.254 e. The van der Waals surface area contributed by atoms with Crippen molar-refractivity contribution >= 4 is 17.5 Å². The normalized spacial score (nSPS) is 22.5. The van der Waals surface area contributed by atoms with Gasteiger partial charge in [0.1, 0.15) is 0 Å². The van der Waals surface area contributed by atoms with Crippen LogP contribution >= 0.6 is 11.6 Å². The summed E-state index contributed by atoms with van der Waals surface area (Å²) in [6.45, 7) is 4.73. The molecule has 1 amide bonds. The molecule has 0 spiro atoms. The molecular formula is C13H17ClN2O2. The Hall–Kier alpha value is -1.13. The zero-order valence-electron chi connectivity index (χ0n) is 10.6. The number of carbonyl (C=O) groups excluding carboxylic acids is 1. The fourth-order valence-electron chi connectivity index (χ4n) is 2.16. The Labute approximate surface area is 112 Å². The molecule has 1 N–H and O–H groups in total. The number of aromatic nitrogens is 1. The summed E-state index contributed by atoms with van der Waals surface area (Å²) in [5.41, 5.74) is 0.234. The molecule has 1 aromatic rings. The lowest BCUT2D eigenvalue weighted by Gasteiger charge is -2.35. The minimum atomic E-state index is -0.186. The van der Waals surface area contributed by atoms with Crippen molar-refractivity contribution in [3.8, 4) is 0 Å². The van der Waals surface area contributed by atoms with Crippen LogP contribution in [0.5, 0.6) is 0 Å². The van der Waals surface area contributed by atoms with Gasteiger partial charge < -0.3 is 10.1 Å². The topological polar surface area (TPSA) is 51.2 Å². The van der Waals surface area contributed by atoms with Gasteiger partial charge >= 0.3 is 0 Å². The number of hydrogen-bond acceptors (Lipinski definition) is 3. The maximum atomic E-state index is 12.1. The fraction of sp³-hybridized carbons (Fsp3) is 0.538. The number of halogens is 1. The van der Waals surface area contributed by atoms with Gasteiger partial charge in [0, 0.05) is 25.0 Å². The Bertz CT molecular complexity index is 448. The van der Waals surface area contributed by atoms with Crippen molar-refractivity contribution in [3.05, 3.63) is 29.0 Å². The van der Waals surface area contributed by atoms with Gasteiger partial charge in [0.25, 0.3) is 5.91 Å². The number of amides is 1. The van der Waals surface area contributed by atoms with Gasteiger partial charge in [0.05, 0.1) is 16.2 Å². The summed E-state index contributed by atoms with van der Waals surface area (Å²) in [7, 11) is 0. The van der Waals surface area contributed by atoms with Crippen LogP contribution in [0.1, 0.15) is 37.0 Å². The van der Waals surface area contributed by atoms with Crippen LogP contribution in [-0.4, -0.2) is 29.1 Å². The second kappa shape index (κ2) is 5.24. The van der Waals surface area contributed by atoms with Gasteiger partial charge in [-0.25, -0.2) is 0 Å². The SMILES string of the molecule is CC1(C)CC(NC(=O)c2cnccc2Cl)CCO1. The summed E-state index contributed by atoms with van der Waals surface area (Å²) in [5.74, 6) is -0.171. The highest BCUT2D eigenvalue weighted by atomic mass is 35.5. The van der Waals surface area contributed by atoms with E-state index in [9.17, 15) is 4.79 Å².